The van der Waals surface area contributed by atoms with E-state index in [1.54, 1.807) is 18.2 Å². The van der Waals surface area contributed by atoms with Crippen LogP contribution in [0.4, 0.5) is 5.82 Å². The van der Waals surface area contributed by atoms with Crippen molar-refractivity contribution in [1.29, 1.82) is 0 Å². The van der Waals surface area contributed by atoms with E-state index in [1.165, 1.54) is 22.4 Å². The Labute approximate surface area is 148 Å². The fourth-order valence-corrected chi connectivity index (χ4v) is 5.86. The topological polar surface area (TPSA) is 95.1 Å². The van der Waals surface area contributed by atoms with E-state index in [0.29, 0.717) is 10.9 Å². The number of hydrogen-bond donors (Lipinski definition) is 1. The summed E-state index contributed by atoms with van der Waals surface area (Å²) in [5.41, 5.74) is 5.28. The lowest BCUT2D eigenvalue weighted by Gasteiger charge is -2.14. The Bertz CT molecular complexity index is 1140. The van der Waals surface area contributed by atoms with Crippen molar-refractivity contribution in [1.82, 2.24) is 9.55 Å². The van der Waals surface area contributed by atoms with E-state index >= 15 is 0 Å². The first-order valence-corrected chi connectivity index (χ1v) is 10.3. The Morgan fingerprint density at radius 3 is 2.72 bits per heavy atom. The van der Waals surface area contributed by atoms with Crippen LogP contribution in [0.15, 0.2) is 63.4 Å². The van der Waals surface area contributed by atoms with Crippen LogP contribution in [0.2, 0.25) is 0 Å². The summed E-state index contributed by atoms with van der Waals surface area (Å²) in [6.45, 7) is 0. The van der Waals surface area contributed by atoms with Gasteiger partial charge >= 0.3 is 0 Å². The quantitative estimate of drug-likeness (QED) is 0.707. The summed E-state index contributed by atoms with van der Waals surface area (Å²) in [5.74, 6) is 0.497. The summed E-state index contributed by atoms with van der Waals surface area (Å²) in [5, 5.41) is 2.33. The molecule has 25 heavy (non-hydrogen) atoms. The lowest BCUT2D eigenvalue weighted by molar-refractivity contribution is 0.528. The van der Waals surface area contributed by atoms with Gasteiger partial charge in [-0.2, -0.15) is 0 Å². The maximum atomic E-state index is 12.9. The molecule has 0 radical (unpaired) electrons. The molecule has 1 atom stereocenters. The van der Waals surface area contributed by atoms with Gasteiger partial charge in [-0.15, -0.1) is 0 Å². The molecule has 2 aromatic carbocycles. The zero-order valence-electron chi connectivity index (χ0n) is 13.1. The highest BCUT2D eigenvalue weighted by Gasteiger charge is 2.30. The number of nitrogens with two attached hydrogens (primary N) is 1. The first-order valence-electron chi connectivity index (χ1n) is 7.67. The van der Waals surface area contributed by atoms with Gasteiger partial charge < -0.3 is 5.73 Å². The van der Waals surface area contributed by atoms with Crippen LogP contribution in [-0.2, 0) is 9.84 Å². The molecule has 0 bridgehead atoms. The molecule has 8 heteroatoms. The molecule has 0 saturated carbocycles. The van der Waals surface area contributed by atoms with Gasteiger partial charge in [-0.3, -0.25) is 9.36 Å². The summed E-state index contributed by atoms with van der Waals surface area (Å²) in [4.78, 5) is 16.6. The predicted molar refractivity (Wildman–Crippen MR) is 98.7 cm³/mol. The summed E-state index contributed by atoms with van der Waals surface area (Å²) < 4.78 is 27.1. The Morgan fingerprint density at radius 2 is 1.92 bits per heavy atom. The average molecular weight is 373 g/mol. The van der Waals surface area contributed by atoms with E-state index in [2.05, 4.69) is 4.98 Å². The Morgan fingerprint density at radius 1 is 1.16 bits per heavy atom. The third-order valence-corrected chi connectivity index (χ3v) is 7.09. The number of nitrogens with zero attached hydrogens (tertiary/aromatic N) is 2. The lowest BCUT2D eigenvalue weighted by atomic mass is 10.1. The van der Waals surface area contributed by atoms with E-state index in [0.717, 1.165) is 10.8 Å². The highest BCUT2D eigenvalue weighted by molar-refractivity contribution is 7.99. The fourth-order valence-electron chi connectivity index (χ4n) is 3.00. The molecule has 6 nitrogen and oxygen atoms in total. The monoisotopic (exact) mass is 373 g/mol. The molecule has 0 saturated heterocycles. The number of rotatable bonds is 3. The second-order valence-corrected chi connectivity index (χ2v) is 8.95. The third-order valence-electron chi connectivity index (χ3n) is 4.20. The molecule has 1 aromatic heterocycles. The van der Waals surface area contributed by atoms with Crippen LogP contribution >= 0.6 is 11.8 Å². The van der Waals surface area contributed by atoms with Crippen LogP contribution in [0.5, 0.6) is 0 Å². The van der Waals surface area contributed by atoms with Gasteiger partial charge in [0.2, 0.25) is 0 Å². The first-order chi connectivity index (χ1) is 11.9. The largest absolute Gasteiger partial charge is 0.383 e. The Kier molecular flexibility index (Phi) is 3.81. The molecule has 0 spiro atoms. The number of fused-ring (bicyclic) bond motifs is 2. The predicted octanol–water partition coefficient (Wildman–Crippen LogP) is 2.10. The molecule has 0 aliphatic carbocycles. The molecule has 2 N–H and O–H groups in total. The van der Waals surface area contributed by atoms with Gasteiger partial charge in [0.05, 0.1) is 16.7 Å². The number of thioether (sulfide) groups is 1. The molecule has 0 amide bonds. The molecule has 1 aliphatic rings. The molecule has 1 aliphatic heterocycles. The van der Waals surface area contributed by atoms with Crippen LogP contribution < -0.4 is 11.3 Å². The second-order valence-electron chi connectivity index (χ2n) is 5.93. The lowest BCUT2D eigenvalue weighted by Crippen LogP contribution is -2.29. The zero-order valence-corrected chi connectivity index (χ0v) is 14.8. The van der Waals surface area contributed by atoms with Crippen molar-refractivity contribution in [3.8, 4) is 0 Å². The van der Waals surface area contributed by atoms with Gasteiger partial charge in [-0.05, 0) is 22.9 Å². The molecule has 2 heterocycles. The highest BCUT2D eigenvalue weighted by Crippen LogP contribution is 2.32. The van der Waals surface area contributed by atoms with Gasteiger partial charge in [0.15, 0.2) is 15.0 Å². The van der Waals surface area contributed by atoms with E-state index in [-0.39, 0.29) is 22.0 Å². The number of sulfone groups is 1. The Balaban J connectivity index is 1.70. The van der Waals surface area contributed by atoms with Crippen molar-refractivity contribution in [3.63, 3.8) is 0 Å². The summed E-state index contributed by atoms with van der Waals surface area (Å²) in [7, 11) is -3.54. The number of anilines is 1. The number of hydrogen-bond acceptors (Lipinski definition) is 6. The maximum Gasteiger partial charge on any atom is 0.256 e. The third kappa shape index (κ3) is 2.91. The number of nitrogen functional groups attached to an aromatic ring is 1. The van der Waals surface area contributed by atoms with Crippen LogP contribution in [0.3, 0.4) is 0 Å². The van der Waals surface area contributed by atoms with Gasteiger partial charge in [-0.25, -0.2) is 13.4 Å². The number of benzene rings is 2. The van der Waals surface area contributed by atoms with Crippen molar-refractivity contribution < 1.29 is 8.42 Å². The van der Waals surface area contributed by atoms with E-state index < -0.39 is 15.9 Å². The van der Waals surface area contributed by atoms with Crippen molar-refractivity contribution in [2.75, 3.05) is 17.2 Å². The second kappa shape index (κ2) is 5.89. The number of aromatic nitrogens is 2. The normalized spacial score (nSPS) is 16.9. The molecule has 4 rings (SSSR count). The Hall–Kier alpha value is -2.32. The van der Waals surface area contributed by atoms with Crippen LogP contribution in [0.25, 0.3) is 10.8 Å². The molecule has 0 fully saturated rings. The van der Waals surface area contributed by atoms with E-state index in [4.69, 9.17) is 5.73 Å². The van der Waals surface area contributed by atoms with Gasteiger partial charge in [-0.1, -0.05) is 42.1 Å². The minimum absolute atomic E-state index is 0.142. The van der Waals surface area contributed by atoms with Crippen LogP contribution in [-0.4, -0.2) is 29.5 Å². The fraction of sp³-hybridized carbons (Fsp3) is 0.176. The van der Waals surface area contributed by atoms with Gasteiger partial charge in [0.1, 0.15) is 5.82 Å². The standard InChI is InChI=1S/C17H15N3O3S2/c18-15-8-16(21)20-13(9-24-17(20)19-15)10-25(22,23)14-6-5-11-3-1-2-4-12(11)7-14/h1-8,13H,9-10,18H2. The molecular formula is C17H15N3O3S2. The van der Waals surface area contributed by atoms with Crippen LogP contribution in [0, 0.1) is 0 Å². The summed E-state index contributed by atoms with van der Waals surface area (Å²) >= 11 is 1.35. The molecule has 128 valence electrons. The summed E-state index contributed by atoms with van der Waals surface area (Å²) in [6.07, 6.45) is 0. The van der Waals surface area contributed by atoms with Crippen LogP contribution in [0.1, 0.15) is 6.04 Å². The average Bonchev–Trinajstić information content (AvgIpc) is 2.96. The van der Waals surface area contributed by atoms with Gasteiger partial charge in [0, 0.05) is 11.8 Å². The van der Waals surface area contributed by atoms with Gasteiger partial charge in [0.25, 0.3) is 5.56 Å². The summed E-state index contributed by atoms with van der Waals surface area (Å²) in [6, 6.07) is 13.5. The minimum Gasteiger partial charge on any atom is -0.383 e. The van der Waals surface area contributed by atoms with Crippen molar-refractivity contribution >= 4 is 38.2 Å². The molecule has 3 aromatic rings. The molecular weight excluding hydrogens is 358 g/mol. The SMILES string of the molecule is Nc1cc(=O)n2c(n1)SCC2CS(=O)(=O)c1ccc2ccccc2c1. The van der Waals surface area contributed by atoms with Crippen molar-refractivity contribution in [3.05, 3.63) is 58.9 Å². The van der Waals surface area contributed by atoms with E-state index in [1.807, 2.05) is 24.3 Å². The van der Waals surface area contributed by atoms with Crippen molar-refractivity contribution in [2.24, 2.45) is 0 Å². The highest BCUT2D eigenvalue weighted by atomic mass is 32.2. The van der Waals surface area contributed by atoms with Crippen molar-refractivity contribution in [2.45, 2.75) is 16.1 Å². The first kappa shape index (κ1) is 16.2. The molecule has 1 unspecified atom stereocenters. The smallest absolute Gasteiger partial charge is 0.256 e. The van der Waals surface area contributed by atoms with E-state index in [9.17, 15) is 13.2 Å². The maximum absolute atomic E-state index is 12.9. The zero-order chi connectivity index (χ0) is 17.6. The minimum atomic E-state index is -3.54.